The van der Waals surface area contributed by atoms with Crippen molar-refractivity contribution in [1.82, 2.24) is 10.6 Å². The van der Waals surface area contributed by atoms with Gasteiger partial charge in [0, 0.05) is 19.0 Å². The van der Waals surface area contributed by atoms with Gasteiger partial charge in [-0.15, -0.1) is 0 Å². The summed E-state index contributed by atoms with van der Waals surface area (Å²) in [6, 6.07) is 5.87. The molecule has 0 radical (unpaired) electrons. The van der Waals surface area contributed by atoms with Gasteiger partial charge < -0.3 is 15.5 Å². The highest BCUT2D eigenvalue weighted by Crippen LogP contribution is 2.24. The number of anilines is 1. The molecule has 2 aliphatic rings. The van der Waals surface area contributed by atoms with Crippen molar-refractivity contribution in [3.05, 3.63) is 30.1 Å². The Hall–Kier alpha value is -1.95. The number of carbonyl (C=O) groups is 2. The molecule has 2 fully saturated rings. The van der Waals surface area contributed by atoms with Gasteiger partial charge in [-0.1, -0.05) is 12.1 Å². The summed E-state index contributed by atoms with van der Waals surface area (Å²) < 4.78 is 13.8. The van der Waals surface area contributed by atoms with Crippen LogP contribution in [-0.2, 0) is 9.59 Å². The molecule has 0 saturated carbocycles. The summed E-state index contributed by atoms with van der Waals surface area (Å²) in [5, 5.41) is 6.04. The van der Waals surface area contributed by atoms with Crippen molar-refractivity contribution < 1.29 is 14.0 Å². The second kappa shape index (κ2) is 6.44. The number of para-hydroxylation sites is 1. The minimum atomic E-state index is -0.548. The summed E-state index contributed by atoms with van der Waals surface area (Å²) in [5.74, 6) is -0.774. The summed E-state index contributed by atoms with van der Waals surface area (Å²) in [7, 11) is 0. The fraction of sp³-hybridized carbons (Fsp3) is 0.500. The van der Waals surface area contributed by atoms with Crippen molar-refractivity contribution in [2.75, 3.05) is 18.0 Å². The molecule has 2 amide bonds. The van der Waals surface area contributed by atoms with Crippen molar-refractivity contribution in [2.45, 2.75) is 37.8 Å². The number of benzene rings is 1. The Kier molecular flexibility index (Phi) is 4.38. The van der Waals surface area contributed by atoms with Crippen LogP contribution in [0, 0.1) is 5.82 Å². The van der Waals surface area contributed by atoms with Crippen LogP contribution in [0.1, 0.15) is 25.7 Å². The molecule has 2 aliphatic heterocycles. The van der Waals surface area contributed by atoms with Gasteiger partial charge in [-0.25, -0.2) is 4.39 Å². The summed E-state index contributed by atoms with van der Waals surface area (Å²) >= 11 is 0. The van der Waals surface area contributed by atoms with E-state index < -0.39 is 11.9 Å². The van der Waals surface area contributed by atoms with Gasteiger partial charge in [-0.05, 0) is 37.9 Å². The summed E-state index contributed by atoms with van der Waals surface area (Å²) in [5.41, 5.74) is 0.279. The lowest BCUT2D eigenvalue weighted by molar-refractivity contribution is -0.126. The van der Waals surface area contributed by atoms with Gasteiger partial charge in [0.05, 0.1) is 5.69 Å². The quantitative estimate of drug-likeness (QED) is 0.878. The van der Waals surface area contributed by atoms with E-state index >= 15 is 0 Å². The Morgan fingerprint density at radius 3 is 2.91 bits per heavy atom. The van der Waals surface area contributed by atoms with Gasteiger partial charge in [0.1, 0.15) is 11.9 Å². The smallest absolute Gasteiger partial charge is 0.249 e. The zero-order valence-electron chi connectivity index (χ0n) is 12.3. The van der Waals surface area contributed by atoms with Crippen molar-refractivity contribution >= 4 is 17.5 Å². The molecule has 118 valence electrons. The number of amides is 2. The number of rotatable bonds is 4. The highest BCUT2D eigenvalue weighted by molar-refractivity contribution is 6.01. The van der Waals surface area contributed by atoms with E-state index in [4.69, 9.17) is 0 Å². The molecule has 1 aromatic carbocycles. The van der Waals surface area contributed by atoms with Crippen LogP contribution in [0.5, 0.6) is 0 Å². The van der Waals surface area contributed by atoms with Crippen LogP contribution in [-0.4, -0.2) is 37.0 Å². The fourth-order valence-electron chi connectivity index (χ4n) is 3.13. The minimum absolute atomic E-state index is 0.117. The third kappa shape index (κ3) is 3.11. The number of carbonyl (C=O) groups excluding carboxylic acids is 2. The average molecular weight is 305 g/mol. The molecule has 2 saturated heterocycles. The van der Waals surface area contributed by atoms with E-state index in [0.717, 1.165) is 19.4 Å². The van der Waals surface area contributed by atoms with Crippen molar-refractivity contribution in [3.8, 4) is 0 Å². The maximum Gasteiger partial charge on any atom is 0.249 e. The third-order valence-electron chi connectivity index (χ3n) is 4.28. The lowest BCUT2D eigenvalue weighted by atomic mass is 10.1. The van der Waals surface area contributed by atoms with Crippen LogP contribution in [0.15, 0.2) is 24.3 Å². The van der Waals surface area contributed by atoms with E-state index in [-0.39, 0.29) is 23.5 Å². The van der Waals surface area contributed by atoms with Crippen molar-refractivity contribution in [1.29, 1.82) is 0 Å². The molecular weight excluding hydrogens is 285 g/mol. The van der Waals surface area contributed by atoms with Gasteiger partial charge >= 0.3 is 0 Å². The highest BCUT2D eigenvalue weighted by Gasteiger charge is 2.35. The standard InChI is InChI=1S/C16H20FN3O2/c17-12-5-1-2-6-14(12)20-9-7-13(16(20)22)19-15(21)10-11-4-3-8-18-11/h1-2,5-6,11,13,18H,3-4,7-10H2,(H,19,21). The van der Waals surface area contributed by atoms with E-state index in [2.05, 4.69) is 10.6 Å². The second-order valence-corrected chi connectivity index (χ2v) is 5.85. The Labute approximate surface area is 128 Å². The molecule has 2 N–H and O–H groups in total. The normalized spacial score (nSPS) is 24.8. The maximum absolute atomic E-state index is 13.8. The summed E-state index contributed by atoms with van der Waals surface area (Å²) in [6.07, 6.45) is 2.98. The zero-order valence-corrected chi connectivity index (χ0v) is 12.3. The predicted molar refractivity (Wildman–Crippen MR) is 80.9 cm³/mol. The van der Waals surface area contributed by atoms with Gasteiger partial charge in [0.15, 0.2) is 0 Å². The molecule has 2 atom stereocenters. The molecule has 6 heteroatoms. The number of halogens is 1. The molecule has 5 nitrogen and oxygen atoms in total. The molecule has 1 aromatic rings. The number of hydrogen-bond acceptors (Lipinski definition) is 3. The maximum atomic E-state index is 13.8. The topological polar surface area (TPSA) is 61.4 Å². The van der Waals surface area contributed by atoms with Gasteiger partial charge in [0.25, 0.3) is 0 Å². The zero-order chi connectivity index (χ0) is 15.5. The molecule has 2 heterocycles. The van der Waals surface area contributed by atoms with Gasteiger partial charge in [-0.2, -0.15) is 0 Å². The number of nitrogens with zero attached hydrogens (tertiary/aromatic N) is 1. The van der Waals surface area contributed by atoms with E-state index in [1.807, 2.05) is 0 Å². The van der Waals surface area contributed by atoms with Gasteiger partial charge in [-0.3, -0.25) is 9.59 Å². The third-order valence-corrected chi connectivity index (χ3v) is 4.28. The first-order chi connectivity index (χ1) is 10.6. The van der Waals surface area contributed by atoms with Crippen molar-refractivity contribution in [3.63, 3.8) is 0 Å². The predicted octanol–water partition coefficient (Wildman–Crippen LogP) is 1.19. The lowest BCUT2D eigenvalue weighted by Crippen LogP contribution is -2.43. The first-order valence-electron chi connectivity index (χ1n) is 7.74. The van der Waals surface area contributed by atoms with E-state index in [1.165, 1.54) is 11.0 Å². The Bertz CT molecular complexity index is 572. The van der Waals surface area contributed by atoms with Crippen LogP contribution >= 0.6 is 0 Å². The van der Waals surface area contributed by atoms with Gasteiger partial charge in [0.2, 0.25) is 11.8 Å². The molecule has 0 aliphatic carbocycles. The minimum Gasteiger partial charge on any atom is -0.344 e. The molecular formula is C16H20FN3O2. The van der Waals surface area contributed by atoms with E-state index in [1.54, 1.807) is 18.2 Å². The van der Waals surface area contributed by atoms with Crippen LogP contribution in [0.3, 0.4) is 0 Å². The summed E-state index contributed by atoms with van der Waals surface area (Å²) in [4.78, 5) is 25.8. The van der Waals surface area contributed by atoms with Crippen LogP contribution < -0.4 is 15.5 Å². The number of hydrogen-bond donors (Lipinski definition) is 2. The molecule has 22 heavy (non-hydrogen) atoms. The van der Waals surface area contributed by atoms with Crippen LogP contribution in [0.4, 0.5) is 10.1 Å². The lowest BCUT2D eigenvalue weighted by Gasteiger charge is -2.18. The van der Waals surface area contributed by atoms with E-state index in [0.29, 0.717) is 19.4 Å². The first kappa shape index (κ1) is 15.0. The monoisotopic (exact) mass is 305 g/mol. The largest absolute Gasteiger partial charge is 0.344 e. The molecule has 0 spiro atoms. The summed E-state index contributed by atoms with van der Waals surface area (Å²) in [6.45, 7) is 1.37. The molecule has 0 bridgehead atoms. The molecule has 2 unspecified atom stereocenters. The molecule has 3 rings (SSSR count). The average Bonchev–Trinajstić information content (AvgIpc) is 3.11. The SMILES string of the molecule is O=C(CC1CCCN1)NC1CCN(c2ccccc2F)C1=O. The van der Waals surface area contributed by atoms with Crippen LogP contribution in [0.2, 0.25) is 0 Å². The van der Waals surface area contributed by atoms with Crippen LogP contribution in [0.25, 0.3) is 0 Å². The second-order valence-electron chi connectivity index (χ2n) is 5.85. The Balaban J connectivity index is 1.59. The Morgan fingerprint density at radius 2 is 2.18 bits per heavy atom. The van der Waals surface area contributed by atoms with E-state index in [9.17, 15) is 14.0 Å². The first-order valence-corrected chi connectivity index (χ1v) is 7.74. The highest BCUT2D eigenvalue weighted by atomic mass is 19.1. The van der Waals surface area contributed by atoms with Crippen molar-refractivity contribution in [2.24, 2.45) is 0 Å². The fourth-order valence-corrected chi connectivity index (χ4v) is 3.13. The Morgan fingerprint density at radius 1 is 1.36 bits per heavy atom. The molecule has 0 aromatic heterocycles. The number of nitrogens with one attached hydrogen (secondary N) is 2.